The van der Waals surface area contributed by atoms with Gasteiger partial charge in [-0.05, 0) is 12.1 Å². The molecule has 0 saturated carbocycles. The topological polar surface area (TPSA) is 12.9 Å². The molecule has 0 aliphatic heterocycles. The fourth-order valence-corrected chi connectivity index (χ4v) is 0.790. The first-order chi connectivity index (χ1) is 4.86. The van der Waals surface area contributed by atoms with Gasteiger partial charge in [0.15, 0.2) is 0 Å². The fourth-order valence-electron chi connectivity index (χ4n) is 0.603. The Hall–Kier alpha value is -0.940. The third-order valence-corrected chi connectivity index (χ3v) is 1.48. The van der Waals surface area contributed by atoms with Crippen molar-refractivity contribution in [2.75, 3.05) is 0 Å². The summed E-state index contributed by atoms with van der Waals surface area (Å²) in [5.41, 5.74) is 1.76. The zero-order chi connectivity index (χ0) is 7.40. The molecule has 0 aliphatic rings. The van der Waals surface area contributed by atoms with Crippen molar-refractivity contribution in [1.29, 1.82) is 0 Å². The summed E-state index contributed by atoms with van der Waals surface area (Å²) in [7, 11) is 0. The van der Waals surface area contributed by atoms with Gasteiger partial charge in [-0.2, -0.15) is 12.6 Å². The lowest BCUT2D eigenvalue weighted by atomic mass is 10.3. The van der Waals surface area contributed by atoms with Crippen LogP contribution in [0.4, 0.5) is 0 Å². The van der Waals surface area contributed by atoms with Crippen molar-refractivity contribution in [3.8, 4) is 12.3 Å². The second kappa shape index (κ2) is 3.28. The first-order valence-electron chi connectivity index (χ1n) is 2.89. The van der Waals surface area contributed by atoms with Gasteiger partial charge in [0.05, 0.1) is 5.69 Å². The third kappa shape index (κ3) is 1.52. The minimum Gasteiger partial charge on any atom is -0.259 e. The Labute approximate surface area is 65.9 Å². The molecule has 0 saturated heterocycles. The van der Waals surface area contributed by atoms with Gasteiger partial charge in [-0.15, -0.1) is 6.42 Å². The minimum atomic E-state index is 0.658. The van der Waals surface area contributed by atoms with Gasteiger partial charge in [-0.25, -0.2) is 0 Å². The van der Waals surface area contributed by atoms with Gasteiger partial charge in [-0.3, -0.25) is 4.98 Å². The molecule has 0 unspecified atom stereocenters. The molecule has 0 spiro atoms. The predicted molar refractivity (Wildman–Crippen MR) is 44.9 cm³/mol. The molecule has 0 fully saturated rings. The van der Waals surface area contributed by atoms with Gasteiger partial charge in [0.25, 0.3) is 0 Å². The lowest BCUT2D eigenvalue weighted by Crippen LogP contribution is -1.84. The Balaban J connectivity index is 2.93. The molecule has 2 heteroatoms. The van der Waals surface area contributed by atoms with E-state index in [0.29, 0.717) is 5.75 Å². The predicted octanol–water partition coefficient (Wildman–Crippen LogP) is 1.49. The normalized spacial score (nSPS) is 8.80. The Morgan fingerprint density at radius 2 is 2.40 bits per heavy atom. The third-order valence-electron chi connectivity index (χ3n) is 1.15. The highest BCUT2D eigenvalue weighted by Gasteiger charge is 1.88. The average Bonchev–Trinajstić information content (AvgIpc) is 2.05. The number of rotatable bonds is 1. The standard InChI is InChI=1S/C8H7NS/c1-2-7-3-4-8(6-10)9-5-7/h1,3-5,10H,6H2. The van der Waals surface area contributed by atoms with E-state index in [1.165, 1.54) is 0 Å². The summed E-state index contributed by atoms with van der Waals surface area (Å²) in [5, 5.41) is 0. The Morgan fingerprint density at radius 1 is 1.60 bits per heavy atom. The number of terminal acetylenes is 1. The van der Waals surface area contributed by atoms with Gasteiger partial charge in [0.2, 0.25) is 0 Å². The van der Waals surface area contributed by atoms with E-state index in [-0.39, 0.29) is 0 Å². The quantitative estimate of drug-likeness (QED) is 0.471. The number of pyridine rings is 1. The summed E-state index contributed by atoms with van der Waals surface area (Å²) in [6.45, 7) is 0. The van der Waals surface area contributed by atoms with Crippen LogP contribution in [0.2, 0.25) is 0 Å². The van der Waals surface area contributed by atoms with Crippen LogP contribution in [-0.4, -0.2) is 4.98 Å². The van der Waals surface area contributed by atoms with E-state index < -0.39 is 0 Å². The Morgan fingerprint density at radius 3 is 2.80 bits per heavy atom. The molecule has 1 aromatic heterocycles. The van der Waals surface area contributed by atoms with Crippen molar-refractivity contribution >= 4 is 12.6 Å². The minimum absolute atomic E-state index is 0.658. The summed E-state index contributed by atoms with van der Waals surface area (Å²) >= 11 is 4.06. The second-order valence-electron chi connectivity index (χ2n) is 1.84. The van der Waals surface area contributed by atoms with E-state index in [1.54, 1.807) is 6.20 Å². The smallest absolute Gasteiger partial charge is 0.0500 e. The van der Waals surface area contributed by atoms with Crippen molar-refractivity contribution in [1.82, 2.24) is 4.98 Å². The highest BCUT2D eigenvalue weighted by molar-refractivity contribution is 7.79. The molecule has 0 aliphatic carbocycles. The maximum Gasteiger partial charge on any atom is 0.0500 e. The molecular weight excluding hydrogens is 142 g/mol. The van der Waals surface area contributed by atoms with Crippen LogP contribution in [0.3, 0.4) is 0 Å². The summed E-state index contributed by atoms with van der Waals surface area (Å²) in [6, 6.07) is 3.74. The van der Waals surface area contributed by atoms with E-state index in [2.05, 4.69) is 23.5 Å². The van der Waals surface area contributed by atoms with Crippen LogP contribution in [0.1, 0.15) is 11.3 Å². The van der Waals surface area contributed by atoms with Gasteiger partial charge < -0.3 is 0 Å². The van der Waals surface area contributed by atoms with Crippen LogP contribution in [-0.2, 0) is 5.75 Å². The summed E-state index contributed by atoms with van der Waals surface area (Å²) < 4.78 is 0. The molecule has 1 rings (SSSR count). The van der Waals surface area contributed by atoms with Crippen LogP contribution >= 0.6 is 12.6 Å². The number of hydrogen-bond donors (Lipinski definition) is 1. The molecule has 1 aromatic rings. The Bertz CT molecular complexity index is 245. The average molecular weight is 149 g/mol. The van der Waals surface area contributed by atoms with Crippen molar-refractivity contribution in [3.05, 3.63) is 29.6 Å². The molecule has 0 radical (unpaired) electrons. The number of nitrogens with zero attached hydrogens (tertiary/aromatic N) is 1. The van der Waals surface area contributed by atoms with Crippen LogP contribution in [0, 0.1) is 12.3 Å². The van der Waals surface area contributed by atoms with E-state index in [9.17, 15) is 0 Å². The molecule has 50 valence electrons. The lowest BCUT2D eigenvalue weighted by Gasteiger charge is -1.92. The fraction of sp³-hybridized carbons (Fsp3) is 0.125. The van der Waals surface area contributed by atoms with E-state index in [4.69, 9.17) is 6.42 Å². The largest absolute Gasteiger partial charge is 0.259 e. The van der Waals surface area contributed by atoms with Crippen LogP contribution in [0.25, 0.3) is 0 Å². The number of hydrogen-bond acceptors (Lipinski definition) is 2. The Kier molecular flexibility index (Phi) is 2.35. The van der Waals surface area contributed by atoms with E-state index in [1.807, 2.05) is 12.1 Å². The van der Waals surface area contributed by atoms with E-state index in [0.717, 1.165) is 11.3 Å². The zero-order valence-electron chi connectivity index (χ0n) is 5.41. The van der Waals surface area contributed by atoms with Crippen molar-refractivity contribution in [2.45, 2.75) is 5.75 Å². The molecular formula is C8H7NS. The van der Waals surface area contributed by atoms with Crippen LogP contribution in [0.15, 0.2) is 18.3 Å². The maximum atomic E-state index is 5.13. The van der Waals surface area contributed by atoms with Crippen LogP contribution < -0.4 is 0 Å². The zero-order valence-corrected chi connectivity index (χ0v) is 6.31. The molecule has 1 nitrogen and oxygen atoms in total. The lowest BCUT2D eigenvalue weighted by molar-refractivity contribution is 1.17. The van der Waals surface area contributed by atoms with Gasteiger partial charge >= 0.3 is 0 Å². The molecule has 0 amide bonds. The molecule has 0 N–H and O–H groups in total. The monoisotopic (exact) mass is 149 g/mol. The van der Waals surface area contributed by atoms with Crippen molar-refractivity contribution in [2.24, 2.45) is 0 Å². The highest BCUT2D eigenvalue weighted by Crippen LogP contribution is 2.00. The first-order valence-corrected chi connectivity index (χ1v) is 3.52. The van der Waals surface area contributed by atoms with Gasteiger partial charge in [-0.1, -0.05) is 5.92 Å². The van der Waals surface area contributed by atoms with Crippen molar-refractivity contribution < 1.29 is 0 Å². The molecule has 0 atom stereocenters. The molecule has 10 heavy (non-hydrogen) atoms. The van der Waals surface area contributed by atoms with E-state index >= 15 is 0 Å². The molecule has 0 aromatic carbocycles. The van der Waals surface area contributed by atoms with Crippen molar-refractivity contribution in [3.63, 3.8) is 0 Å². The summed E-state index contributed by atoms with van der Waals surface area (Å²) in [4.78, 5) is 4.05. The number of aromatic nitrogens is 1. The van der Waals surface area contributed by atoms with Crippen LogP contribution in [0.5, 0.6) is 0 Å². The van der Waals surface area contributed by atoms with Gasteiger partial charge in [0.1, 0.15) is 0 Å². The summed E-state index contributed by atoms with van der Waals surface area (Å²) in [5.74, 6) is 3.15. The summed E-state index contributed by atoms with van der Waals surface area (Å²) in [6.07, 6.45) is 6.80. The second-order valence-corrected chi connectivity index (χ2v) is 2.16. The maximum absolute atomic E-state index is 5.13. The SMILES string of the molecule is C#Cc1ccc(CS)nc1. The number of thiol groups is 1. The molecule has 1 heterocycles. The molecule has 0 bridgehead atoms. The first kappa shape index (κ1) is 7.17. The van der Waals surface area contributed by atoms with Gasteiger partial charge in [0, 0.05) is 17.5 Å². The highest BCUT2D eigenvalue weighted by atomic mass is 32.1.